The summed E-state index contributed by atoms with van der Waals surface area (Å²) in [5.74, 6) is 0.508. The fourth-order valence-corrected chi connectivity index (χ4v) is 1.22. The molecule has 0 atom stereocenters. The number of aromatic nitrogens is 1. The molecule has 0 spiro atoms. The maximum Gasteiger partial charge on any atom is 0.141 e. The van der Waals surface area contributed by atoms with E-state index < -0.39 is 0 Å². The first kappa shape index (κ1) is 7.34. The number of nitriles is 1. The summed E-state index contributed by atoms with van der Waals surface area (Å²) >= 11 is 0. The first-order chi connectivity index (χ1) is 7.26. The SMILES string of the molecule is [2H]c1c(OC)ccc2nc(C#N)ccc12. The standard InChI is InChI=1S/C11H8N2O/c1-14-10-4-5-11-8(6-10)2-3-9(7-12)13-11/h2-6H,1H3/i6D. The van der Waals surface area contributed by atoms with Gasteiger partial charge in [-0.15, -0.1) is 0 Å². The van der Waals surface area contributed by atoms with Gasteiger partial charge in [-0.3, -0.25) is 0 Å². The number of benzene rings is 1. The van der Waals surface area contributed by atoms with Crippen LogP contribution in [0.1, 0.15) is 7.06 Å². The zero-order valence-corrected chi connectivity index (χ0v) is 7.61. The molecular weight excluding hydrogens is 176 g/mol. The highest BCUT2D eigenvalue weighted by atomic mass is 16.5. The van der Waals surface area contributed by atoms with E-state index in [9.17, 15) is 0 Å². The third kappa shape index (κ3) is 1.38. The lowest BCUT2D eigenvalue weighted by atomic mass is 10.2. The van der Waals surface area contributed by atoms with Gasteiger partial charge in [0.2, 0.25) is 0 Å². The van der Waals surface area contributed by atoms with Crippen LogP contribution in [0.4, 0.5) is 0 Å². The van der Waals surface area contributed by atoms with Gasteiger partial charge in [-0.1, -0.05) is 0 Å². The number of methoxy groups -OCH3 is 1. The highest BCUT2D eigenvalue weighted by molar-refractivity contribution is 5.80. The van der Waals surface area contributed by atoms with Crippen molar-refractivity contribution >= 4 is 10.9 Å². The largest absolute Gasteiger partial charge is 0.497 e. The van der Waals surface area contributed by atoms with Gasteiger partial charge >= 0.3 is 0 Å². The fourth-order valence-electron chi connectivity index (χ4n) is 1.22. The summed E-state index contributed by atoms with van der Waals surface area (Å²) in [5.41, 5.74) is 0.993. The molecule has 0 saturated carbocycles. The van der Waals surface area contributed by atoms with E-state index in [0.29, 0.717) is 28.4 Å². The lowest BCUT2D eigenvalue weighted by Crippen LogP contribution is -1.86. The second-order valence-corrected chi connectivity index (χ2v) is 2.77. The van der Waals surface area contributed by atoms with Crippen LogP contribution < -0.4 is 4.74 Å². The van der Waals surface area contributed by atoms with Crippen LogP contribution in [0.3, 0.4) is 0 Å². The van der Waals surface area contributed by atoms with Gasteiger partial charge in [-0.25, -0.2) is 4.98 Å². The number of rotatable bonds is 1. The zero-order chi connectivity index (χ0) is 10.8. The molecule has 14 heavy (non-hydrogen) atoms. The average Bonchev–Trinajstić information content (AvgIpc) is 2.29. The molecule has 0 fully saturated rings. The Labute approximate surface area is 83.0 Å². The van der Waals surface area contributed by atoms with Crippen LogP contribution in [0.5, 0.6) is 5.75 Å². The fraction of sp³-hybridized carbons (Fsp3) is 0.0909. The minimum absolute atomic E-state index is 0.298. The van der Waals surface area contributed by atoms with Crippen molar-refractivity contribution in [2.75, 3.05) is 7.11 Å². The summed E-state index contributed by atoms with van der Waals surface area (Å²) < 4.78 is 12.8. The van der Waals surface area contributed by atoms with Gasteiger partial charge in [0.1, 0.15) is 17.5 Å². The van der Waals surface area contributed by atoms with Crippen LogP contribution in [0.2, 0.25) is 0 Å². The van der Waals surface area contributed by atoms with E-state index in [1.807, 2.05) is 6.07 Å². The van der Waals surface area contributed by atoms with Crippen molar-refractivity contribution < 1.29 is 6.11 Å². The summed E-state index contributed by atoms with van der Waals surface area (Å²) in [5, 5.41) is 9.37. The summed E-state index contributed by atoms with van der Waals surface area (Å²) in [7, 11) is 1.52. The molecule has 0 bridgehead atoms. The smallest absolute Gasteiger partial charge is 0.141 e. The van der Waals surface area contributed by atoms with Crippen LogP contribution in [0.15, 0.2) is 30.3 Å². The number of hydrogen-bond acceptors (Lipinski definition) is 3. The average molecular weight is 185 g/mol. The Morgan fingerprint density at radius 2 is 2.29 bits per heavy atom. The van der Waals surface area contributed by atoms with E-state index in [1.54, 1.807) is 24.3 Å². The second kappa shape index (κ2) is 3.35. The quantitative estimate of drug-likeness (QED) is 0.683. The van der Waals surface area contributed by atoms with E-state index in [-0.39, 0.29) is 0 Å². The highest BCUT2D eigenvalue weighted by Gasteiger charge is 1.98. The molecule has 68 valence electrons. The molecular formula is C11H8N2O. The molecule has 3 nitrogen and oxygen atoms in total. The van der Waals surface area contributed by atoms with Gasteiger partial charge in [-0.05, 0) is 30.3 Å². The maximum absolute atomic E-state index is 8.68. The third-order valence-corrected chi connectivity index (χ3v) is 1.91. The van der Waals surface area contributed by atoms with Gasteiger partial charge in [-0.2, -0.15) is 5.26 Å². The number of ether oxygens (including phenoxy) is 1. The number of nitrogens with zero attached hydrogens (tertiary/aromatic N) is 2. The van der Waals surface area contributed by atoms with Crippen molar-refractivity contribution in [1.29, 1.82) is 5.26 Å². The highest BCUT2D eigenvalue weighted by Crippen LogP contribution is 2.19. The van der Waals surface area contributed by atoms with Crippen LogP contribution in [0.25, 0.3) is 10.9 Å². The molecule has 1 aromatic carbocycles. The molecule has 0 radical (unpaired) electrons. The minimum atomic E-state index is 0.298. The Balaban J connectivity index is 2.75. The van der Waals surface area contributed by atoms with Crippen LogP contribution in [-0.4, -0.2) is 12.1 Å². The molecule has 2 aromatic rings. The van der Waals surface area contributed by atoms with Crippen molar-refractivity contribution in [3.05, 3.63) is 36.0 Å². The normalized spacial score (nSPS) is 10.7. The molecule has 0 amide bonds. The van der Waals surface area contributed by atoms with Crippen molar-refractivity contribution in [2.24, 2.45) is 0 Å². The summed E-state index contributed by atoms with van der Waals surface area (Å²) in [4.78, 5) is 4.09. The molecule has 1 heterocycles. The lowest BCUT2D eigenvalue weighted by molar-refractivity contribution is 0.415. The molecule has 2 rings (SSSR count). The first-order valence-electron chi connectivity index (χ1n) is 4.60. The predicted molar refractivity (Wildman–Crippen MR) is 53.0 cm³/mol. The summed E-state index contributed by atoms with van der Waals surface area (Å²) in [6.45, 7) is 0. The van der Waals surface area contributed by atoms with Crippen LogP contribution in [-0.2, 0) is 0 Å². The number of hydrogen-bond donors (Lipinski definition) is 0. The zero-order valence-electron chi connectivity index (χ0n) is 8.61. The van der Waals surface area contributed by atoms with Crippen molar-refractivity contribution in [3.8, 4) is 11.8 Å². The Morgan fingerprint density at radius 1 is 1.43 bits per heavy atom. The summed E-state index contributed by atoms with van der Waals surface area (Å²) in [6.07, 6.45) is 0. The minimum Gasteiger partial charge on any atom is -0.497 e. The number of pyridine rings is 1. The molecule has 0 N–H and O–H groups in total. The Kier molecular flexibility index (Phi) is 1.75. The van der Waals surface area contributed by atoms with E-state index in [2.05, 4.69) is 4.98 Å². The van der Waals surface area contributed by atoms with Crippen molar-refractivity contribution in [3.63, 3.8) is 0 Å². The van der Waals surface area contributed by atoms with E-state index in [4.69, 9.17) is 11.4 Å². The lowest BCUT2D eigenvalue weighted by Gasteiger charge is -2.01. The molecule has 0 aliphatic heterocycles. The predicted octanol–water partition coefficient (Wildman–Crippen LogP) is 2.12. The van der Waals surface area contributed by atoms with Crippen LogP contribution in [0, 0.1) is 11.3 Å². The van der Waals surface area contributed by atoms with E-state index >= 15 is 0 Å². The molecule has 3 heteroatoms. The van der Waals surface area contributed by atoms with E-state index in [1.165, 1.54) is 7.11 Å². The Bertz CT molecular complexity index is 560. The van der Waals surface area contributed by atoms with Gasteiger partial charge in [0, 0.05) is 5.39 Å². The van der Waals surface area contributed by atoms with Gasteiger partial charge in [0.25, 0.3) is 0 Å². The van der Waals surface area contributed by atoms with Crippen molar-refractivity contribution in [1.82, 2.24) is 4.98 Å². The second-order valence-electron chi connectivity index (χ2n) is 2.77. The molecule has 0 aliphatic rings. The van der Waals surface area contributed by atoms with Crippen LogP contribution >= 0.6 is 0 Å². The Morgan fingerprint density at radius 3 is 3.00 bits per heavy atom. The van der Waals surface area contributed by atoms with Crippen molar-refractivity contribution in [2.45, 2.75) is 0 Å². The number of fused-ring (bicyclic) bond motifs is 1. The third-order valence-electron chi connectivity index (χ3n) is 1.91. The van der Waals surface area contributed by atoms with E-state index in [0.717, 1.165) is 0 Å². The maximum atomic E-state index is 8.68. The monoisotopic (exact) mass is 185 g/mol. The summed E-state index contributed by atoms with van der Waals surface area (Å²) in [6, 6.07) is 9.00. The molecule has 0 unspecified atom stereocenters. The van der Waals surface area contributed by atoms with Gasteiger partial charge in [0.15, 0.2) is 0 Å². The molecule has 1 aromatic heterocycles. The molecule has 0 aliphatic carbocycles. The molecule has 0 saturated heterocycles. The van der Waals surface area contributed by atoms with Gasteiger partial charge < -0.3 is 4.74 Å². The topological polar surface area (TPSA) is 45.9 Å². The van der Waals surface area contributed by atoms with Gasteiger partial charge in [0.05, 0.1) is 14.0 Å². The Hall–Kier alpha value is -2.08. The first-order valence-corrected chi connectivity index (χ1v) is 4.10.